The molecule has 0 saturated carbocycles. The van der Waals surface area contributed by atoms with E-state index in [1.54, 1.807) is 0 Å². The van der Waals surface area contributed by atoms with E-state index in [1.165, 1.54) is 180 Å². The molecule has 19 heteroatoms. The monoisotopic (exact) mass is 1340 g/mol. The van der Waals surface area contributed by atoms with Gasteiger partial charge in [0, 0.05) is 25.7 Å². The fourth-order valence-corrected chi connectivity index (χ4v) is 12.5. The minimum absolute atomic E-state index is 0.106. The molecule has 5 atom stereocenters. The van der Waals surface area contributed by atoms with Gasteiger partial charge in [0.15, 0.2) is 12.2 Å². The maximum atomic E-state index is 13.0. The number of carbonyl (C=O) groups is 4. The third kappa shape index (κ3) is 66.5. The molecule has 0 aromatic carbocycles. The van der Waals surface area contributed by atoms with Gasteiger partial charge < -0.3 is 33.8 Å². The lowest BCUT2D eigenvalue weighted by molar-refractivity contribution is -0.161. The number of phosphoric ester groups is 2. The molecule has 91 heavy (non-hydrogen) atoms. The van der Waals surface area contributed by atoms with Crippen LogP contribution in [0.15, 0.2) is 0 Å². The summed E-state index contributed by atoms with van der Waals surface area (Å²) >= 11 is 0. The molecule has 0 aromatic rings. The van der Waals surface area contributed by atoms with Gasteiger partial charge in [-0.25, -0.2) is 9.13 Å². The van der Waals surface area contributed by atoms with E-state index in [0.717, 1.165) is 102 Å². The molecule has 2 unspecified atom stereocenters. The summed E-state index contributed by atoms with van der Waals surface area (Å²) in [5, 5.41) is 10.6. The number of rotatable bonds is 71. The molecule has 540 valence electrons. The lowest BCUT2D eigenvalue weighted by atomic mass is 10.0. The summed E-state index contributed by atoms with van der Waals surface area (Å²) in [6.45, 7) is 9.51. The number of carbonyl (C=O) groups excluding carboxylic acids is 4. The van der Waals surface area contributed by atoms with Crippen LogP contribution in [0.2, 0.25) is 0 Å². The third-order valence-electron chi connectivity index (χ3n) is 16.7. The Kier molecular flexibility index (Phi) is 62.7. The Hall–Kier alpha value is -1.94. The number of unbranched alkanes of at least 4 members (excludes halogenated alkanes) is 41. The fourth-order valence-electron chi connectivity index (χ4n) is 10.9. The van der Waals surface area contributed by atoms with Crippen molar-refractivity contribution in [2.24, 2.45) is 11.8 Å². The van der Waals surface area contributed by atoms with Gasteiger partial charge in [-0.3, -0.25) is 37.3 Å². The zero-order chi connectivity index (χ0) is 67.2. The highest BCUT2D eigenvalue weighted by molar-refractivity contribution is 7.47. The van der Waals surface area contributed by atoms with Crippen LogP contribution in [0.3, 0.4) is 0 Å². The van der Waals surface area contributed by atoms with E-state index < -0.39 is 97.5 Å². The van der Waals surface area contributed by atoms with Crippen LogP contribution in [0.1, 0.15) is 369 Å². The molecular formula is C72H140O17P2. The molecule has 0 heterocycles. The predicted molar refractivity (Wildman–Crippen MR) is 368 cm³/mol. The molecule has 0 aliphatic heterocycles. The van der Waals surface area contributed by atoms with Crippen LogP contribution in [-0.4, -0.2) is 96.7 Å². The van der Waals surface area contributed by atoms with Crippen LogP contribution in [0.4, 0.5) is 0 Å². The molecule has 0 aliphatic carbocycles. The fraction of sp³-hybridized carbons (Fsp3) is 0.944. The molecule has 0 aromatic heterocycles. The van der Waals surface area contributed by atoms with Crippen LogP contribution in [0.5, 0.6) is 0 Å². The molecule has 17 nitrogen and oxygen atoms in total. The van der Waals surface area contributed by atoms with Crippen molar-refractivity contribution in [3.63, 3.8) is 0 Å². The van der Waals surface area contributed by atoms with Crippen LogP contribution in [0, 0.1) is 11.8 Å². The Balaban J connectivity index is 5.22. The van der Waals surface area contributed by atoms with E-state index in [4.69, 9.17) is 37.0 Å². The summed E-state index contributed by atoms with van der Waals surface area (Å²) in [7, 11) is -9.90. The summed E-state index contributed by atoms with van der Waals surface area (Å²) in [5.74, 6) is -0.639. The quantitative estimate of drug-likeness (QED) is 0.0222. The number of hydrogen-bond donors (Lipinski definition) is 3. The number of phosphoric acid groups is 2. The van der Waals surface area contributed by atoms with Crippen molar-refractivity contribution in [3.05, 3.63) is 0 Å². The Bertz CT molecular complexity index is 1770. The number of hydrogen-bond acceptors (Lipinski definition) is 15. The van der Waals surface area contributed by atoms with Gasteiger partial charge in [-0.1, -0.05) is 318 Å². The van der Waals surface area contributed by atoms with Gasteiger partial charge in [0.2, 0.25) is 0 Å². The molecule has 0 saturated heterocycles. The van der Waals surface area contributed by atoms with Gasteiger partial charge in [-0.2, -0.15) is 0 Å². The molecule has 0 radical (unpaired) electrons. The first-order valence-corrected chi connectivity index (χ1v) is 40.5. The number of ether oxygens (including phenoxy) is 4. The zero-order valence-corrected chi connectivity index (χ0v) is 60.9. The van der Waals surface area contributed by atoms with Gasteiger partial charge in [0.05, 0.1) is 26.4 Å². The SMILES string of the molecule is CCCCCCCCCCCCCCCC(=O)OC[C@H](COP(=O)(O)OC[C@@H](O)COP(=O)(O)OC[C@@H](COC(=O)CCCCCCCCC(C)C)OC(=O)CCCCCCCCCCCCC)OC(=O)CCCCCCCCCCCCCCCCCC(C)C. The smallest absolute Gasteiger partial charge is 0.462 e. The first-order valence-electron chi connectivity index (χ1n) is 37.5. The highest BCUT2D eigenvalue weighted by Crippen LogP contribution is 2.45. The summed E-state index contributed by atoms with van der Waals surface area (Å²) in [5.41, 5.74) is 0. The summed E-state index contributed by atoms with van der Waals surface area (Å²) < 4.78 is 68.3. The van der Waals surface area contributed by atoms with Gasteiger partial charge in [-0.05, 0) is 37.5 Å². The van der Waals surface area contributed by atoms with Crippen LogP contribution >= 0.6 is 15.6 Å². The second-order valence-electron chi connectivity index (χ2n) is 26.9. The largest absolute Gasteiger partial charge is 0.472 e. The maximum Gasteiger partial charge on any atom is 0.472 e. The standard InChI is InChI=1S/C72H140O17P2/c1-7-9-11-13-15-17-19-23-28-31-35-42-48-54-69(74)82-60-67(88-72(77)57-51-45-37-33-29-25-22-20-21-24-27-30-34-40-46-52-64(3)4)62-86-90(78,79)84-58-66(73)59-85-91(80,81)87-63-68(61-83-70(75)55-49-43-39-38-41-47-53-65(5)6)89-71(76)56-50-44-36-32-26-18-16-14-12-10-8-2/h64-68,73H,7-63H2,1-6H3,(H,78,79)(H,80,81)/t66-,67-,68-/m1/s1. The molecule has 0 rings (SSSR count). The molecule has 0 amide bonds. The van der Waals surface area contributed by atoms with Crippen molar-refractivity contribution in [1.82, 2.24) is 0 Å². The summed E-state index contributed by atoms with van der Waals surface area (Å²) in [4.78, 5) is 72.6. The normalized spacial score (nSPS) is 14.1. The van der Waals surface area contributed by atoms with Crippen molar-refractivity contribution in [1.29, 1.82) is 0 Å². The lowest BCUT2D eigenvalue weighted by Crippen LogP contribution is -2.30. The molecule has 0 spiro atoms. The average Bonchev–Trinajstić information content (AvgIpc) is 3.13. The van der Waals surface area contributed by atoms with Gasteiger partial charge >= 0.3 is 39.5 Å². The van der Waals surface area contributed by atoms with Crippen LogP contribution in [-0.2, 0) is 65.4 Å². The van der Waals surface area contributed by atoms with Crippen LogP contribution in [0.25, 0.3) is 0 Å². The number of aliphatic hydroxyl groups excluding tert-OH is 1. The van der Waals surface area contributed by atoms with E-state index in [-0.39, 0.29) is 25.7 Å². The lowest BCUT2D eigenvalue weighted by Gasteiger charge is -2.21. The van der Waals surface area contributed by atoms with E-state index in [9.17, 15) is 43.2 Å². The number of esters is 4. The van der Waals surface area contributed by atoms with Gasteiger partial charge in [-0.15, -0.1) is 0 Å². The van der Waals surface area contributed by atoms with Crippen molar-refractivity contribution < 1.29 is 80.2 Å². The van der Waals surface area contributed by atoms with Gasteiger partial charge in [0.1, 0.15) is 19.3 Å². The summed E-state index contributed by atoms with van der Waals surface area (Å²) in [6.07, 6.45) is 50.0. The maximum absolute atomic E-state index is 13.0. The number of aliphatic hydroxyl groups is 1. The van der Waals surface area contributed by atoms with E-state index in [0.29, 0.717) is 31.6 Å². The first-order chi connectivity index (χ1) is 43.9. The van der Waals surface area contributed by atoms with Crippen molar-refractivity contribution in [2.45, 2.75) is 387 Å². The molecule has 0 bridgehead atoms. The minimum atomic E-state index is -4.95. The molecule has 3 N–H and O–H groups in total. The Labute approximate surface area is 556 Å². The molecule has 0 aliphatic rings. The summed E-state index contributed by atoms with van der Waals surface area (Å²) in [6, 6.07) is 0. The molecule has 0 fully saturated rings. The van der Waals surface area contributed by atoms with Crippen molar-refractivity contribution in [3.8, 4) is 0 Å². The highest BCUT2D eigenvalue weighted by Gasteiger charge is 2.30. The predicted octanol–water partition coefficient (Wildman–Crippen LogP) is 20.8. The Morgan fingerprint density at radius 3 is 0.747 bits per heavy atom. The van der Waals surface area contributed by atoms with Crippen molar-refractivity contribution >= 4 is 39.5 Å². The first kappa shape index (κ1) is 89.1. The van der Waals surface area contributed by atoms with Gasteiger partial charge in [0.25, 0.3) is 0 Å². The Morgan fingerprint density at radius 2 is 0.505 bits per heavy atom. The van der Waals surface area contributed by atoms with E-state index in [1.807, 2.05) is 0 Å². The second kappa shape index (κ2) is 64.1. The molecular weight excluding hydrogens is 1200 g/mol. The Morgan fingerprint density at radius 1 is 0.297 bits per heavy atom. The second-order valence-corrected chi connectivity index (χ2v) is 29.8. The van der Waals surface area contributed by atoms with E-state index in [2.05, 4.69) is 41.5 Å². The highest BCUT2D eigenvalue weighted by atomic mass is 31.2. The van der Waals surface area contributed by atoms with E-state index >= 15 is 0 Å². The topological polar surface area (TPSA) is 237 Å². The van der Waals surface area contributed by atoms with Crippen LogP contribution < -0.4 is 0 Å². The van der Waals surface area contributed by atoms with Crippen molar-refractivity contribution in [2.75, 3.05) is 39.6 Å². The minimum Gasteiger partial charge on any atom is -0.462 e. The average molecular weight is 1340 g/mol. The third-order valence-corrected chi connectivity index (χ3v) is 18.6. The zero-order valence-electron chi connectivity index (χ0n) is 59.1.